The summed E-state index contributed by atoms with van der Waals surface area (Å²) >= 11 is 1.36. The fourth-order valence-corrected chi connectivity index (χ4v) is 3.97. The highest BCUT2D eigenvalue weighted by molar-refractivity contribution is 7.99. The maximum Gasteiger partial charge on any atom is 0.242 e. The molecule has 0 aliphatic carbocycles. The number of halogens is 1. The van der Waals surface area contributed by atoms with E-state index in [2.05, 4.69) is 5.32 Å². The van der Waals surface area contributed by atoms with Crippen molar-refractivity contribution in [2.45, 2.75) is 45.5 Å². The molecule has 162 valence electrons. The lowest BCUT2D eigenvalue weighted by atomic mass is 10.1. The number of rotatable bonds is 11. The molecule has 2 amide bonds. The highest BCUT2D eigenvalue weighted by atomic mass is 32.2. The number of hydrogen-bond acceptors (Lipinski definition) is 3. The number of nitrogens with one attached hydrogen (secondary N) is 1. The first kappa shape index (κ1) is 23.9. The van der Waals surface area contributed by atoms with E-state index in [0.29, 0.717) is 36.7 Å². The molecule has 0 fully saturated rings. The molecular weight excluding hydrogens is 399 g/mol. The van der Waals surface area contributed by atoms with Crippen molar-refractivity contribution in [1.29, 1.82) is 0 Å². The Morgan fingerprint density at radius 2 is 1.73 bits per heavy atom. The zero-order valence-electron chi connectivity index (χ0n) is 17.9. The first-order valence-electron chi connectivity index (χ1n) is 10.3. The molecule has 0 heterocycles. The minimum atomic E-state index is -0.537. The van der Waals surface area contributed by atoms with E-state index in [1.165, 1.54) is 17.8 Å². The second kappa shape index (κ2) is 12.4. The largest absolute Gasteiger partial charge is 0.354 e. The number of carbonyl (C=O) groups excluding carboxylic acids is 2. The SMILES string of the molecule is CC[C@@H](C(=O)NCC(C)C)N(Cc1ccccc1)C(=O)CSCc1ccccc1F. The minimum Gasteiger partial charge on any atom is -0.354 e. The molecule has 0 saturated heterocycles. The molecule has 2 aromatic carbocycles. The van der Waals surface area contributed by atoms with E-state index in [1.807, 2.05) is 51.1 Å². The highest BCUT2D eigenvalue weighted by Gasteiger charge is 2.28. The van der Waals surface area contributed by atoms with Gasteiger partial charge in [0.05, 0.1) is 5.75 Å². The van der Waals surface area contributed by atoms with Gasteiger partial charge in [-0.2, -0.15) is 0 Å². The Morgan fingerprint density at radius 3 is 2.37 bits per heavy atom. The third-order valence-electron chi connectivity index (χ3n) is 4.71. The van der Waals surface area contributed by atoms with Crippen molar-refractivity contribution < 1.29 is 14.0 Å². The van der Waals surface area contributed by atoms with Gasteiger partial charge in [0, 0.05) is 18.8 Å². The van der Waals surface area contributed by atoms with Crippen LogP contribution in [0.3, 0.4) is 0 Å². The third-order valence-corrected chi connectivity index (χ3v) is 5.67. The van der Waals surface area contributed by atoms with Crippen LogP contribution in [0.5, 0.6) is 0 Å². The van der Waals surface area contributed by atoms with Gasteiger partial charge in [0.15, 0.2) is 0 Å². The smallest absolute Gasteiger partial charge is 0.242 e. The summed E-state index contributed by atoms with van der Waals surface area (Å²) in [7, 11) is 0. The van der Waals surface area contributed by atoms with E-state index in [-0.39, 0.29) is 23.4 Å². The number of nitrogens with zero attached hydrogens (tertiary/aromatic N) is 1. The quantitative estimate of drug-likeness (QED) is 0.565. The van der Waals surface area contributed by atoms with Crippen LogP contribution in [0.1, 0.15) is 38.3 Å². The van der Waals surface area contributed by atoms with Crippen LogP contribution < -0.4 is 5.32 Å². The van der Waals surface area contributed by atoms with Crippen LogP contribution in [0.15, 0.2) is 54.6 Å². The molecule has 0 aromatic heterocycles. The molecule has 2 rings (SSSR count). The van der Waals surface area contributed by atoms with Gasteiger partial charge in [0.2, 0.25) is 11.8 Å². The van der Waals surface area contributed by atoms with Gasteiger partial charge in [-0.05, 0) is 29.5 Å². The summed E-state index contributed by atoms with van der Waals surface area (Å²) in [6, 6.07) is 15.7. The summed E-state index contributed by atoms with van der Waals surface area (Å²) < 4.78 is 13.8. The van der Waals surface area contributed by atoms with Gasteiger partial charge in [-0.3, -0.25) is 9.59 Å². The van der Waals surface area contributed by atoms with Gasteiger partial charge < -0.3 is 10.2 Å². The number of amides is 2. The van der Waals surface area contributed by atoms with E-state index < -0.39 is 6.04 Å². The van der Waals surface area contributed by atoms with Crippen LogP contribution in [0.2, 0.25) is 0 Å². The molecule has 0 aliphatic rings. The Bertz CT molecular complexity index is 814. The number of hydrogen-bond donors (Lipinski definition) is 1. The maximum atomic E-state index is 13.8. The Balaban J connectivity index is 2.09. The first-order valence-corrected chi connectivity index (χ1v) is 11.5. The average Bonchev–Trinajstić information content (AvgIpc) is 2.74. The molecule has 1 N–H and O–H groups in total. The highest BCUT2D eigenvalue weighted by Crippen LogP contribution is 2.18. The van der Waals surface area contributed by atoms with Gasteiger partial charge in [-0.15, -0.1) is 11.8 Å². The van der Waals surface area contributed by atoms with Crippen molar-refractivity contribution in [3.05, 3.63) is 71.5 Å². The molecule has 0 radical (unpaired) electrons. The normalized spacial score (nSPS) is 11.9. The lowest BCUT2D eigenvalue weighted by Gasteiger charge is -2.31. The van der Waals surface area contributed by atoms with E-state index in [1.54, 1.807) is 23.1 Å². The van der Waals surface area contributed by atoms with E-state index in [4.69, 9.17) is 0 Å². The Hall–Kier alpha value is -2.34. The van der Waals surface area contributed by atoms with Gasteiger partial charge in [-0.1, -0.05) is 69.3 Å². The topological polar surface area (TPSA) is 49.4 Å². The minimum absolute atomic E-state index is 0.119. The van der Waals surface area contributed by atoms with Crippen molar-refractivity contribution >= 4 is 23.6 Å². The zero-order valence-corrected chi connectivity index (χ0v) is 18.8. The van der Waals surface area contributed by atoms with E-state index >= 15 is 0 Å². The molecule has 30 heavy (non-hydrogen) atoms. The van der Waals surface area contributed by atoms with Crippen molar-refractivity contribution in [2.24, 2.45) is 5.92 Å². The van der Waals surface area contributed by atoms with Gasteiger partial charge in [0.25, 0.3) is 0 Å². The molecule has 4 nitrogen and oxygen atoms in total. The molecule has 0 bridgehead atoms. The van der Waals surface area contributed by atoms with Gasteiger partial charge in [0.1, 0.15) is 11.9 Å². The van der Waals surface area contributed by atoms with Crippen molar-refractivity contribution in [2.75, 3.05) is 12.3 Å². The van der Waals surface area contributed by atoms with Crippen LogP contribution in [-0.2, 0) is 21.9 Å². The number of thioether (sulfide) groups is 1. The van der Waals surface area contributed by atoms with Crippen LogP contribution in [0.4, 0.5) is 4.39 Å². The Labute approximate surface area is 183 Å². The Kier molecular flexibility index (Phi) is 9.87. The molecule has 2 aromatic rings. The van der Waals surface area contributed by atoms with Crippen LogP contribution in [0.25, 0.3) is 0 Å². The van der Waals surface area contributed by atoms with E-state index in [9.17, 15) is 14.0 Å². The Morgan fingerprint density at radius 1 is 1.07 bits per heavy atom. The second-order valence-corrected chi connectivity index (χ2v) is 8.64. The second-order valence-electron chi connectivity index (χ2n) is 7.65. The standard InChI is InChI=1S/C24H31FN2O2S/c1-4-22(24(29)26-14-18(2)3)27(15-19-10-6-5-7-11-19)23(28)17-30-16-20-12-8-9-13-21(20)25/h5-13,18,22H,4,14-17H2,1-3H3,(H,26,29)/t22-/m0/s1. The molecule has 6 heteroatoms. The molecule has 0 saturated carbocycles. The van der Waals surface area contributed by atoms with Crippen molar-refractivity contribution in [3.63, 3.8) is 0 Å². The molecular formula is C24H31FN2O2S. The van der Waals surface area contributed by atoms with Gasteiger partial charge >= 0.3 is 0 Å². The fourth-order valence-electron chi connectivity index (χ4n) is 3.07. The summed E-state index contributed by atoms with van der Waals surface area (Å²) in [6.45, 7) is 6.93. The van der Waals surface area contributed by atoms with Gasteiger partial charge in [-0.25, -0.2) is 4.39 Å². The molecule has 0 aliphatic heterocycles. The summed E-state index contributed by atoms with van der Waals surface area (Å²) in [5, 5.41) is 2.95. The average molecular weight is 431 g/mol. The van der Waals surface area contributed by atoms with E-state index in [0.717, 1.165) is 5.56 Å². The van der Waals surface area contributed by atoms with Crippen molar-refractivity contribution in [3.8, 4) is 0 Å². The predicted octanol–water partition coefficient (Wildman–Crippen LogP) is 4.64. The number of carbonyl (C=O) groups is 2. The molecule has 1 atom stereocenters. The van der Waals surface area contributed by atoms with Crippen LogP contribution in [0, 0.1) is 11.7 Å². The summed E-state index contributed by atoms with van der Waals surface area (Å²) in [5.41, 5.74) is 1.55. The lowest BCUT2D eigenvalue weighted by molar-refractivity contribution is -0.139. The monoisotopic (exact) mass is 430 g/mol. The maximum absolute atomic E-state index is 13.8. The molecule has 0 unspecified atom stereocenters. The van der Waals surface area contributed by atoms with Crippen molar-refractivity contribution in [1.82, 2.24) is 10.2 Å². The summed E-state index contributed by atoms with van der Waals surface area (Å²) in [5.74, 6) is 0.420. The summed E-state index contributed by atoms with van der Waals surface area (Å²) in [6.07, 6.45) is 0.528. The molecule has 0 spiro atoms. The zero-order chi connectivity index (χ0) is 21.9. The van der Waals surface area contributed by atoms with Crippen LogP contribution >= 0.6 is 11.8 Å². The summed E-state index contributed by atoms with van der Waals surface area (Å²) in [4.78, 5) is 27.5. The predicted molar refractivity (Wildman–Crippen MR) is 121 cm³/mol. The van der Waals surface area contributed by atoms with Crippen LogP contribution in [-0.4, -0.2) is 35.1 Å². The first-order chi connectivity index (χ1) is 14.4. The lowest BCUT2D eigenvalue weighted by Crippen LogP contribution is -2.50. The number of benzene rings is 2. The fraction of sp³-hybridized carbons (Fsp3) is 0.417. The third kappa shape index (κ3) is 7.48.